The molecule has 0 atom stereocenters. The first-order valence-electron chi connectivity index (χ1n) is 14.3. The van der Waals surface area contributed by atoms with Crippen LogP contribution in [0.5, 0.6) is 0 Å². The number of nitrogens with zero attached hydrogens (tertiary/aromatic N) is 8. The SMILES string of the molecule is CN(C)C1CCN(c2nc(N3CCOCC3)c3ncnc(N(Cc4ccccc4)Cc4ccccc4)c3n2)CC1. The van der Waals surface area contributed by atoms with Crippen LogP contribution in [0.4, 0.5) is 17.6 Å². The van der Waals surface area contributed by atoms with E-state index in [0.29, 0.717) is 32.3 Å². The molecule has 6 rings (SSSR count). The largest absolute Gasteiger partial charge is 0.378 e. The van der Waals surface area contributed by atoms with Crippen molar-refractivity contribution >= 4 is 28.6 Å². The first kappa shape index (κ1) is 26.4. The van der Waals surface area contributed by atoms with Gasteiger partial charge in [-0.15, -0.1) is 0 Å². The Morgan fingerprint density at radius 1 is 0.750 bits per heavy atom. The van der Waals surface area contributed by atoms with E-state index in [1.165, 1.54) is 11.1 Å². The van der Waals surface area contributed by atoms with Crippen LogP contribution in [0.1, 0.15) is 24.0 Å². The molecule has 0 saturated carbocycles. The van der Waals surface area contributed by atoms with Crippen LogP contribution >= 0.6 is 0 Å². The number of fused-ring (bicyclic) bond motifs is 1. The van der Waals surface area contributed by atoms with Gasteiger partial charge in [0.05, 0.1) is 13.2 Å². The number of piperidine rings is 1. The minimum absolute atomic E-state index is 0.585. The van der Waals surface area contributed by atoms with Crippen molar-refractivity contribution in [1.29, 1.82) is 0 Å². The van der Waals surface area contributed by atoms with Crippen molar-refractivity contribution in [1.82, 2.24) is 24.8 Å². The van der Waals surface area contributed by atoms with Gasteiger partial charge in [-0.25, -0.2) is 15.0 Å². The average molecular weight is 539 g/mol. The lowest BCUT2D eigenvalue weighted by Crippen LogP contribution is -2.43. The molecule has 0 spiro atoms. The van der Waals surface area contributed by atoms with Gasteiger partial charge in [0.15, 0.2) is 11.6 Å². The normalized spacial score (nSPS) is 16.6. The van der Waals surface area contributed by atoms with Gasteiger partial charge in [-0.2, -0.15) is 4.98 Å². The second kappa shape index (κ2) is 12.1. The van der Waals surface area contributed by atoms with Crippen LogP contribution in [0.25, 0.3) is 11.0 Å². The lowest BCUT2D eigenvalue weighted by atomic mass is 10.0. The number of rotatable bonds is 8. The molecular weight excluding hydrogens is 500 g/mol. The number of hydrogen-bond donors (Lipinski definition) is 0. The van der Waals surface area contributed by atoms with Crippen molar-refractivity contribution < 1.29 is 4.74 Å². The number of benzene rings is 2. The fourth-order valence-corrected chi connectivity index (χ4v) is 5.67. The third-order valence-corrected chi connectivity index (χ3v) is 7.95. The second-order valence-corrected chi connectivity index (χ2v) is 10.9. The summed E-state index contributed by atoms with van der Waals surface area (Å²) in [5.74, 6) is 2.47. The maximum atomic E-state index is 5.67. The van der Waals surface area contributed by atoms with Crippen LogP contribution in [-0.4, -0.2) is 84.4 Å². The maximum absolute atomic E-state index is 5.67. The van der Waals surface area contributed by atoms with Crippen molar-refractivity contribution in [3.05, 3.63) is 78.1 Å². The van der Waals surface area contributed by atoms with Crippen molar-refractivity contribution in [2.24, 2.45) is 0 Å². The lowest BCUT2D eigenvalue weighted by molar-refractivity contribution is 0.122. The maximum Gasteiger partial charge on any atom is 0.228 e. The zero-order valence-corrected chi connectivity index (χ0v) is 23.5. The molecule has 0 amide bonds. The highest BCUT2D eigenvalue weighted by Crippen LogP contribution is 2.33. The van der Waals surface area contributed by atoms with Gasteiger partial charge < -0.3 is 24.3 Å². The molecule has 4 aromatic rings. The molecule has 0 N–H and O–H groups in total. The van der Waals surface area contributed by atoms with Gasteiger partial charge in [0, 0.05) is 45.3 Å². The number of anilines is 3. The molecule has 9 heteroatoms. The molecule has 0 unspecified atom stereocenters. The summed E-state index contributed by atoms with van der Waals surface area (Å²) in [6.07, 6.45) is 3.84. The summed E-state index contributed by atoms with van der Waals surface area (Å²) in [6.45, 7) is 6.21. The highest BCUT2D eigenvalue weighted by Gasteiger charge is 2.27. The molecule has 2 aliphatic rings. The van der Waals surface area contributed by atoms with Crippen LogP contribution in [0.15, 0.2) is 67.0 Å². The van der Waals surface area contributed by atoms with Crippen LogP contribution in [0.2, 0.25) is 0 Å². The molecule has 9 nitrogen and oxygen atoms in total. The van der Waals surface area contributed by atoms with Crippen LogP contribution < -0.4 is 14.7 Å². The Morgan fingerprint density at radius 2 is 1.38 bits per heavy atom. The quantitative estimate of drug-likeness (QED) is 0.331. The third kappa shape index (κ3) is 5.85. The van der Waals surface area contributed by atoms with E-state index in [2.05, 4.69) is 94.4 Å². The molecule has 0 bridgehead atoms. The topological polar surface area (TPSA) is 73.8 Å². The molecule has 2 saturated heterocycles. The zero-order chi connectivity index (χ0) is 27.3. The monoisotopic (exact) mass is 538 g/mol. The van der Waals surface area contributed by atoms with E-state index in [9.17, 15) is 0 Å². The minimum Gasteiger partial charge on any atom is -0.378 e. The Hall–Kier alpha value is -3.82. The van der Waals surface area contributed by atoms with Gasteiger partial charge in [0.2, 0.25) is 5.95 Å². The van der Waals surface area contributed by atoms with Crippen LogP contribution in [0.3, 0.4) is 0 Å². The van der Waals surface area contributed by atoms with Crippen molar-refractivity contribution in [2.45, 2.75) is 32.0 Å². The van der Waals surface area contributed by atoms with Gasteiger partial charge in [-0.3, -0.25) is 0 Å². The van der Waals surface area contributed by atoms with Crippen molar-refractivity contribution in [3.8, 4) is 0 Å². The Kier molecular flexibility index (Phi) is 8.02. The summed E-state index contributed by atoms with van der Waals surface area (Å²) >= 11 is 0. The fraction of sp³-hybridized carbons (Fsp3) is 0.419. The number of hydrogen-bond acceptors (Lipinski definition) is 9. The Balaban J connectivity index is 1.44. The molecular formula is C31H38N8O. The smallest absolute Gasteiger partial charge is 0.228 e. The highest BCUT2D eigenvalue weighted by atomic mass is 16.5. The molecule has 208 valence electrons. The van der Waals surface area contributed by atoms with E-state index < -0.39 is 0 Å². The van der Waals surface area contributed by atoms with E-state index in [1.807, 2.05) is 0 Å². The molecule has 4 heterocycles. The average Bonchev–Trinajstić information content (AvgIpc) is 3.01. The number of aromatic nitrogens is 4. The molecule has 0 radical (unpaired) electrons. The predicted octanol–water partition coefficient (Wildman–Crippen LogP) is 3.99. The summed E-state index contributed by atoms with van der Waals surface area (Å²) in [6, 6.07) is 21.7. The summed E-state index contributed by atoms with van der Waals surface area (Å²) < 4.78 is 5.67. The molecule has 2 fully saturated rings. The number of morpholine rings is 1. The Labute approximate surface area is 236 Å². The van der Waals surface area contributed by atoms with Gasteiger partial charge >= 0.3 is 0 Å². The zero-order valence-electron chi connectivity index (χ0n) is 23.5. The summed E-state index contributed by atoms with van der Waals surface area (Å²) in [5, 5.41) is 0. The molecule has 2 aliphatic heterocycles. The second-order valence-electron chi connectivity index (χ2n) is 10.9. The van der Waals surface area contributed by atoms with E-state index >= 15 is 0 Å². The lowest BCUT2D eigenvalue weighted by Gasteiger charge is -2.36. The summed E-state index contributed by atoms with van der Waals surface area (Å²) in [5.41, 5.74) is 4.04. The van der Waals surface area contributed by atoms with Crippen molar-refractivity contribution in [2.75, 3.05) is 68.2 Å². The molecule has 0 aliphatic carbocycles. The first-order chi connectivity index (χ1) is 19.7. The summed E-state index contributed by atoms with van der Waals surface area (Å²) in [4.78, 5) is 29.2. The Morgan fingerprint density at radius 3 is 1.98 bits per heavy atom. The van der Waals surface area contributed by atoms with Gasteiger partial charge in [0.1, 0.15) is 17.4 Å². The molecule has 2 aromatic heterocycles. The van der Waals surface area contributed by atoms with E-state index in [4.69, 9.17) is 24.7 Å². The van der Waals surface area contributed by atoms with Crippen molar-refractivity contribution in [3.63, 3.8) is 0 Å². The van der Waals surface area contributed by atoms with E-state index in [-0.39, 0.29) is 0 Å². The molecule has 40 heavy (non-hydrogen) atoms. The van der Waals surface area contributed by atoms with Gasteiger partial charge in [-0.1, -0.05) is 60.7 Å². The minimum atomic E-state index is 0.585. The van der Waals surface area contributed by atoms with Gasteiger partial charge in [-0.05, 0) is 38.1 Å². The van der Waals surface area contributed by atoms with Crippen LogP contribution in [0, 0.1) is 0 Å². The highest BCUT2D eigenvalue weighted by molar-refractivity contribution is 5.94. The molecule has 2 aromatic carbocycles. The summed E-state index contributed by atoms with van der Waals surface area (Å²) in [7, 11) is 4.34. The third-order valence-electron chi connectivity index (χ3n) is 7.95. The standard InChI is InChI=1S/C31H38N8O/c1-36(2)26-13-15-38(16-14-26)31-34-28-27(30(35-31)37-17-19-40-20-18-37)32-23-33-29(28)39(21-24-9-5-3-6-10-24)22-25-11-7-4-8-12-25/h3-12,23,26H,13-22H2,1-2H3. The Bertz CT molecular complexity index is 1350. The first-order valence-corrected chi connectivity index (χ1v) is 14.3. The predicted molar refractivity (Wildman–Crippen MR) is 160 cm³/mol. The van der Waals surface area contributed by atoms with E-state index in [0.717, 1.165) is 67.6 Å². The number of ether oxygens (including phenoxy) is 1. The van der Waals surface area contributed by atoms with E-state index in [1.54, 1.807) is 6.33 Å². The van der Waals surface area contributed by atoms with Gasteiger partial charge in [0.25, 0.3) is 0 Å². The fourth-order valence-electron chi connectivity index (χ4n) is 5.67. The van der Waals surface area contributed by atoms with Crippen LogP contribution in [-0.2, 0) is 17.8 Å².